The van der Waals surface area contributed by atoms with Crippen LogP contribution in [-0.2, 0) is 7.05 Å². The van der Waals surface area contributed by atoms with Crippen LogP contribution in [0.25, 0.3) is 0 Å². The molecule has 1 amide bonds. The van der Waals surface area contributed by atoms with E-state index >= 15 is 0 Å². The summed E-state index contributed by atoms with van der Waals surface area (Å²) in [6.07, 6.45) is 3.82. The fourth-order valence-electron chi connectivity index (χ4n) is 2.02. The first-order valence-corrected chi connectivity index (χ1v) is 5.83. The minimum Gasteiger partial charge on any atom is -0.391 e. The van der Waals surface area contributed by atoms with Crippen molar-refractivity contribution in [3.8, 4) is 0 Å². The number of aliphatic hydroxyl groups excluding tert-OH is 1. The average Bonchev–Trinajstić information content (AvgIpc) is 2.74. The Morgan fingerprint density at radius 2 is 2.59 bits per heavy atom. The van der Waals surface area contributed by atoms with Crippen LogP contribution in [0, 0.1) is 5.92 Å². The summed E-state index contributed by atoms with van der Waals surface area (Å²) < 4.78 is 1.67. The summed E-state index contributed by atoms with van der Waals surface area (Å²) in [6.45, 7) is 1.98. The van der Waals surface area contributed by atoms with Crippen molar-refractivity contribution in [3.05, 3.63) is 18.2 Å². The van der Waals surface area contributed by atoms with Crippen LogP contribution in [-0.4, -0.2) is 46.3 Å². The largest absolute Gasteiger partial charge is 0.391 e. The molecule has 0 bridgehead atoms. The maximum atomic E-state index is 11.8. The molecule has 2 rings (SSSR count). The molecule has 1 saturated heterocycles. The lowest BCUT2D eigenvalue weighted by Gasteiger charge is -2.28. The highest BCUT2D eigenvalue weighted by molar-refractivity contribution is 5.90. The van der Waals surface area contributed by atoms with Crippen LogP contribution < -0.4 is 10.6 Å². The van der Waals surface area contributed by atoms with Crippen LogP contribution in [0.5, 0.6) is 0 Å². The fraction of sp³-hybridized carbons (Fsp3) is 0.636. The smallest absolute Gasteiger partial charge is 0.287 e. The molecule has 17 heavy (non-hydrogen) atoms. The zero-order chi connectivity index (χ0) is 12.3. The monoisotopic (exact) mass is 238 g/mol. The molecule has 0 radical (unpaired) electrons. The highest BCUT2D eigenvalue weighted by Crippen LogP contribution is 2.11. The number of aromatic nitrogens is 2. The first kappa shape index (κ1) is 12.1. The number of aliphatic hydroxyl groups is 1. The highest BCUT2D eigenvalue weighted by atomic mass is 16.3. The van der Waals surface area contributed by atoms with Gasteiger partial charge in [0.2, 0.25) is 0 Å². The van der Waals surface area contributed by atoms with Crippen LogP contribution >= 0.6 is 0 Å². The summed E-state index contributed by atoms with van der Waals surface area (Å²) in [6, 6.07) is 0. The van der Waals surface area contributed by atoms with E-state index in [4.69, 9.17) is 0 Å². The van der Waals surface area contributed by atoms with Gasteiger partial charge in [0.25, 0.3) is 5.91 Å². The normalized spacial score (nSPS) is 24.6. The van der Waals surface area contributed by atoms with Gasteiger partial charge in [0.15, 0.2) is 5.82 Å². The molecule has 0 aromatic carbocycles. The van der Waals surface area contributed by atoms with Crippen molar-refractivity contribution in [2.24, 2.45) is 13.0 Å². The van der Waals surface area contributed by atoms with Gasteiger partial charge >= 0.3 is 0 Å². The van der Waals surface area contributed by atoms with E-state index in [2.05, 4.69) is 15.6 Å². The van der Waals surface area contributed by atoms with Gasteiger partial charge in [-0.3, -0.25) is 4.79 Å². The third-order valence-electron chi connectivity index (χ3n) is 3.14. The number of rotatable bonds is 3. The quantitative estimate of drug-likeness (QED) is 0.639. The third kappa shape index (κ3) is 2.83. The van der Waals surface area contributed by atoms with Crippen LogP contribution in [0.1, 0.15) is 17.0 Å². The molecular formula is C11H18N4O2. The lowest BCUT2D eigenvalue weighted by molar-refractivity contribution is 0.0748. The molecular weight excluding hydrogens is 220 g/mol. The predicted molar refractivity (Wildman–Crippen MR) is 62.5 cm³/mol. The second kappa shape index (κ2) is 5.29. The molecule has 6 nitrogen and oxygen atoms in total. The Kier molecular flexibility index (Phi) is 3.75. The maximum Gasteiger partial charge on any atom is 0.287 e. The van der Waals surface area contributed by atoms with Crippen LogP contribution in [0.4, 0.5) is 0 Å². The van der Waals surface area contributed by atoms with E-state index in [0.717, 1.165) is 13.0 Å². The van der Waals surface area contributed by atoms with Crippen LogP contribution in [0.15, 0.2) is 12.4 Å². The lowest BCUT2D eigenvalue weighted by Crippen LogP contribution is -2.45. The molecule has 0 saturated carbocycles. The number of hydrogen-bond acceptors (Lipinski definition) is 4. The molecule has 1 aromatic heterocycles. The zero-order valence-corrected chi connectivity index (χ0v) is 9.89. The number of amides is 1. The second-order valence-corrected chi connectivity index (χ2v) is 4.39. The Hall–Kier alpha value is -1.40. The summed E-state index contributed by atoms with van der Waals surface area (Å²) in [5, 5.41) is 15.7. The summed E-state index contributed by atoms with van der Waals surface area (Å²) >= 11 is 0. The number of piperidine rings is 1. The van der Waals surface area contributed by atoms with E-state index in [1.54, 1.807) is 24.0 Å². The minimum atomic E-state index is -0.384. The summed E-state index contributed by atoms with van der Waals surface area (Å²) in [4.78, 5) is 15.8. The maximum absolute atomic E-state index is 11.8. The Morgan fingerprint density at radius 1 is 1.76 bits per heavy atom. The number of nitrogens with zero attached hydrogens (tertiary/aromatic N) is 2. The van der Waals surface area contributed by atoms with Crippen molar-refractivity contribution >= 4 is 5.91 Å². The van der Waals surface area contributed by atoms with E-state index in [1.807, 2.05) is 0 Å². The van der Waals surface area contributed by atoms with E-state index in [1.165, 1.54) is 0 Å². The van der Waals surface area contributed by atoms with Gasteiger partial charge in [-0.2, -0.15) is 0 Å². The molecule has 2 heterocycles. The number of β-amino-alcohol motifs (C(OH)–C–C–N with tert-alkyl or cyclic N) is 1. The van der Waals surface area contributed by atoms with Gasteiger partial charge in [-0.1, -0.05) is 0 Å². The van der Waals surface area contributed by atoms with E-state index in [9.17, 15) is 9.90 Å². The summed E-state index contributed by atoms with van der Waals surface area (Å²) in [5.41, 5.74) is 0. The molecule has 0 spiro atoms. The van der Waals surface area contributed by atoms with Crippen LogP contribution in [0.3, 0.4) is 0 Å². The van der Waals surface area contributed by atoms with Crippen molar-refractivity contribution in [1.29, 1.82) is 0 Å². The fourth-order valence-corrected chi connectivity index (χ4v) is 2.02. The predicted octanol–water partition coefficient (Wildman–Crippen LogP) is -0.880. The molecule has 1 fully saturated rings. The zero-order valence-electron chi connectivity index (χ0n) is 9.89. The van der Waals surface area contributed by atoms with E-state index in [-0.39, 0.29) is 17.9 Å². The van der Waals surface area contributed by atoms with Gasteiger partial charge in [-0.05, 0) is 13.0 Å². The second-order valence-electron chi connectivity index (χ2n) is 4.39. The van der Waals surface area contributed by atoms with Crippen molar-refractivity contribution in [3.63, 3.8) is 0 Å². The Morgan fingerprint density at radius 3 is 3.24 bits per heavy atom. The minimum absolute atomic E-state index is 0.125. The van der Waals surface area contributed by atoms with Crippen molar-refractivity contribution in [2.75, 3.05) is 19.6 Å². The molecule has 94 valence electrons. The molecule has 0 unspecified atom stereocenters. The molecule has 3 N–H and O–H groups in total. The average molecular weight is 238 g/mol. The Bertz CT molecular complexity index is 391. The molecule has 2 atom stereocenters. The molecule has 1 aromatic rings. The van der Waals surface area contributed by atoms with Crippen LogP contribution in [0.2, 0.25) is 0 Å². The van der Waals surface area contributed by atoms with Crippen molar-refractivity contribution < 1.29 is 9.90 Å². The number of nitrogens with one attached hydrogen (secondary N) is 2. The van der Waals surface area contributed by atoms with Crippen molar-refractivity contribution in [2.45, 2.75) is 12.5 Å². The van der Waals surface area contributed by atoms with Gasteiger partial charge in [-0.25, -0.2) is 4.98 Å². The van der Waals surface area contributed by atoms with Gasteiger partial charge in [0.05, 0.1) is 6.10 Å². The molecule has 0 aliphatic carbocycles. The number of aryl methyl sites for hydroxylation is 1. The SMILES string of the molecule is Cn1ccnc1C(=O)NC[C@@H]1CCNC[C@H]1O. The lowest BCUT2D eigenvalue weighted by atomic mass is 9.95. The Balaban J connectivity index is 1.86. The number of carbonyl (C=O) groups excluding carboxylic acids is 1. The number of hydrogen-bond donors (Lipinski definition) is 3. The van der Waals surface area contributed by atoms with Gasteiger partial charge in [-0.15, -0.1) is 0 Å². The molecule has 1 aliphatic heterocycles. The Labute approximate surface area is 100 Å². The van der Waals surface area contributed by atoms with Gasteiger partial charge in [0, 0.05) is 38.4 Å². The van der Waals surface area contributed by atoms with Gasteiger partial charge in [0.1, 0.15) is 0 Å². The van der Waals surface area contributed by atoms with Gasteiger partial charge < -0.3 is 20.3 Å². The molecule has 6 heteroatoms. The van der Waals surface area contributed by atoms with E-state index < -0.39 is 0 Å². The number of imidazole rings is 1. The standard InChI is InChI=1S/C11H18N4O2/c1-15-5-4-13-10(15)11(17)14-6-8-2-3-12-7-9(8)16/h4-5,8-9,12,16H,2-3,6-7H2,1H3,(H,14,17)/t8-,9+/m0/s1. The summed E-state index contributed by atoms with van der Waals surface area (Å²) in [5.74, 6) is 0.331. The van der Waals surface area contributed by atoms with E-state index in [0.29, 0.717) is 18.9 Å². The first-order valence-electron chi connectivity index (χ1n) is 5.83. The first-order chi connectivity index (χ1) is 8.18. The number of carbonyl (C=O) groups is 1. The summed E-state index contributed by atoms with van der Waals surface area (Å²) in [7, 11) is 1.78. The highest BCUT2D eigenvalue weighted by Gasteiger charge is 2.23. The topological polar surface area (TPSA) is 79.2 Å². The molecule has 1 aliphatic rings. The third-order valence-corrected chi connectivity index (χ3v) is 3.14. The van der Waals surface area contributed by atoms with Crippen molar-refractivity contribution in [1.82, 2.24) is 20.2 Å².